The predicted molar refractivity (Wildman–Crippen MR) is 28.8 cm³/mol. The first kappa shape index (κ1) is 5.74. The van der Waals surface area contributed by atoms with Crippen LogP contribution in [0.1, 0.15) is 0 Å². The maximum atomic E-state index is 9.78. The third-order valence-corrected chi connectivity index (χ3v) is 0.665. The summed E-state index contributed by atoms with van der Waals surface area (Å²) < 4.78 is 4.12. The van der Waals surface area contributed by atoms with Crippen molar-refractivity contribution in [3.8, 4) is 0 Å². The van der Waals surface area contributed by atoms with E-state index in [1.165, 1.54) is 0 Å². The summed E-state index contributed by atoms with van der Waals surface area (Å²) in [6, 6.07) is 0. The lowest BCUT2D eigenvalue weighted by molar-refractivity contribution is 0.140. The van der Waals surface area contributed by atoms with Crippen molar-refractivity contribution in [1.29, 1.82) is 0 Å². The van der Waals surface area contributed by atoms with Gasteiger partial charge in [-0.05, 0) is 0 Å². The normalized spacial score (nSPS) is 15.3. The first-order valence-electron chi connectivity index (χ1n) is 2.18. The SMILES string of the molecule is O=C(O)OC1=N[C]=NC1. The summed E-state index contributed by atoms with van der Waals surface area (Å²) in [6.45, 7) is 0.173. The molecule has 0 aliphatic carbocycles. The van der Waals surface area contributed by atoms with Crippen LogP contribution in [0, 0.1) is 0 Å². The lowest BCUT2D eigenvalue weighted by Gasteiger charge is -1.92. The molecule has 0 spiro atoms. The van der Waals surface area contributed by atoms with Gasteiger partial charge in [0.15, 0.2) is 6.34 Å². The van der Waals surface area contributed by atoms with Gasteiger partial charge in [-0.1, -0.05) is 0 Å². The smallest absolute Gasteiger partial charge is 0.449 e. The zero-order valence-electron chi connectivity index (χ0n) is 4.37. The molecule has 5 heteroatoms. The predicted octanol–water partition coefficient (Wildman–Crippen LogP) is -0.00160. The molecule has 5 nitrogen and oxygen atoms in total. The fourth-order valence-electron chi connectivity index (χ4n) is 0.385. The van der Waals surface area contributed by atoms with Crippen LogP contribution in [0.2, 0.25) is 0 Å². The second-order valence-corrected chi connectivity index (χ2v) is 1.29. The standard InChI is InChI=1S/C4H3N2O3/c7-4(8)9-3-1-5-2-6-3/h1H2,(H,7,8). The Balaban J connectivity index is 2.39. The van der Waals surface area contributed by atoms with Gasteiger partial charge >= 0.3 is 6.16 Å². The minimum atomic E-state index is -1.37. The van der Waals surface area contributed by atoms with E-state index in [4.69, 9.17) is 5.11 Å². The summed E-state index contributed by atoms with van der Waals surface area (Å²) in [5, 5.41) is 8.00. The van der Waals surface area contributed by atoms with E-state index in [1.54, 1.807) is 0 Å². The van der Waals surface area contributed by atoms with E-state index >= 15 is 0 Å². The van der Waals surface area contributed by atoms with E-state index in [0.717, 1.165) is 0 Å². The quantitative estimate of drug-likeness (QED) is 0.465. The Morgan fingerprint density at radius 1 is 1.89 bits per heavy atom. The average molecular weight is 127 g/mol. The molecule has 1 heterocycles. The highest BCUT2D eigenvalue weighted by atomic mass is 16.7. The fraction of sp³-hybridized carbons (Fsp3) is 0.250. The van der Waals surface area contributed by atoms with Gasteiger partial charge in [-0.3, -0.25) is 4.99 Å². The minimum absolute atomic E-state index is 0.0718. The molecule has 9 heavy (non-hydrogen) atoms. The Morgan fingerprint density at radius 2 is 2.67 bits per heavy atom. The van der Waals surface area contributed by atoms with Crippen LogP contribution in [0.4, 0.5) is 4.79 Å². The molecule has 0 unspecified atom stereocenters. The first-order valence-corrected chi connectivity index (χ1v) is 2.18. The molecule has 0 aromatic carbocycles. The van der Waals surface area contributed by atoms with Gasteiger partial charge in [0.25, 0.3) is 0 Å². The van der Waals surface area contributed by atoms with Gasteiger partial charge in [-0.2, -0.15) is 4.99 Å². The number of hydrogen-bond acceptors (Lipinski definition) is 4. The molecule has 47 valence electrons. The molecule has 0 saturated carbocycles. The van der Waals surface area contributed by atoms with Gasteiger partial charge in [-0.15, -0.1) is 0 Å². The molecule has 1 N–H and O–H groups in total. The summed E-state index contributed by atoms with van der Waals surface area (Å²) >= 11 is 0. The molecule has 1 rings (SSSR count). The number of carbonyl (C=O) groups is 1. The van der Waals surface area contributed by atoms with Crippen molar-refractivity contribution in [3.63, 3.8) is 0 Å². The Morgan fingerprint density at radius 3 is 3.11 bits per heavy atom. The van der Waals surface area contributed by atoms with Crippen molar-refractivity contribution >= 4 is 18.4 Å². The van der Waals surface area contributed by atoms with Gasteiger partial charge in [0.2, 0.25) is 5.90 Å². The first-order chi connectivity index (χ1) is 4.29. The summed E-state index contributed by atoms with van der Waals surface area (Å²) in [4.78, 5) is 16.6. The van der Waals surface area contributed by atoms with Crippen molar-refractivity contribution in [1.82, 2.24) is 0 Å². The summed E-state index contributed by atoms with van der Waals surface area (Å²) in [7, 11) is 0. The monoisotopic (exact) mass is 127 g/mol. The number of carboxylic acid groups (broad SMARTS) is 1. The summed E-state index contributed by atoms with van der Waals surface area (Å²) in [5.74, 6) is 0.0718. The molecule has 1 aliphatic rings. The molecule has 1 aliphatic heterocycles. The number of hydrogen-bond donors (Lipinski definition) is 1. The third kappa shape index (κ3) is 1.52. The Bertz CT molecular complexity index is 184. The van der Waals surface area contributed by atoms with Crippen LogP contribution in [0.3, 0.4) is 0 Å². The summed E-state index contributed by atoms with van der Waals surface area (Å²) in [5.41, 5.74) is 0. The van der Waals surface area contributed by atoms with Gasteiger partial charge in [-0.25, -0.2) is 4.79 Å². The van der Waals surface area contributed by atoms with Crippen molar-refractivity contribution < 1.29 is 14.6 Å². The lowest BCUT2D eigenvalue weighted by atomic mass is 10.7. The molecule has 0 fully saturated rings. The number of rotatable bonds is 0. The maximum Gasteiger partial charge on any atom is 0.512 e. The molecule has 0 aromatic rings. The van der Waals surface area contributed by atoms with Crippen LogP contribution in [0.15, 0.2) is 9.98 Å². The topological polar surface area (TPSA) is 71.2 Å². The molecule has 0 bridgehead atoms. The summed E-state index contributed by atoms with van der Waals surface area (Å²) in [6.07, 6.45) is 0.834. The zero-order chi connectivity index (χ0) is 6.69. The molecule has 0 saturated heterocycles. The van der Waals surface area contributed by atoms with Crippen molar-refractivity contribution in [3.05, 3.63) is 0 Å². The third-order valence-electron chi connectivity index (χ3n) is 0.665. The maximum absolute atomic E-state index is 9.78. The number of nitrogens with zero attached hydrogens (tertiary/aromatic N) is 2. The van der Waals surface area contributed by atoms with E-state index in [-0.39, 0.29) is 12.4 Å². The van der Waals surface area contributed by atoms with E-state index in [2.05, 4.69) is 21.1 Å². The Hall–Kier alpha value is -1.39. The van der Waals surface area contributed by atoms with Crippen molar-refractivity contribution in [2.45, 2.75) is 0 Å². The fourth-order valence-corrected chi connectivity index (χ4v) is 0.385. The second-order valence-electron chi connectivity index (χ2n) is 1.29. The zero-order valence-corrected chi connectivity index (χ0v) is 4.37. The van der Waals surface area contributed by atoms with Crippen LogP contribution in [0.5, 0.6) is 0 Å². The van der Waals surface area contributed by atoms with E-state index in [0.29, 0.717) is 0 Å². The van der Waals surface area contributed by atoms with Crippen molar-refractivity contribution in [2.75, 3.05) is 6.54 Å². The second kappa shape index (κ2) is 2.25. The lowest BCUT2D eigenvalue weighted by Crippen LogP contribution is -2.10. The van der Waals surface area contributed by atoms with Crippen LogP contribution in [-0.4, -0.2) is 30.0 Å². The van der Waals surface area contributed by atoms with Crippen LogP contribution in [-0.2, 0) is 4.74 Å². The minimum Gasteiger partial charge on any atom is -0.449 e. The Kier molecular flexibility index (Phi) is 1.44. The van der Waals surface area contributed by atoms with Gasteiger partial charge in [0.05, 0.1) is 0 Å². The van der Waals surface area contributed by atoms with Crippen LogP contribution >= 0.6 is 0 Å². The van der Waals surface area contributed by atoms with Crippen LogP contribution in [0.25, 0.3) is 0 Å². The van der Waals surface area contributed by atoms with Crippen molar-refractivity contribution in [2.24, 2.45) is 9.98 Å². The molecule has 0 amide bonds. The Labute approximate surface area is 50.7 Å². The molecular formula is C4H3N2O3. The van der Waals surface area contributed by atoms with E-state index < -0.39 is 6.16 Å². The number of ether oxygens (including phenoxy) is 1. The van der Waals surface area contributed by atoms with Crippen LogP contribution < -0.4 is 0 Å². The number of aliphatic imine (C=N–C) groups is 2. The largest absolute Gasteiger partial charge is 0.512 e. The highest BCUT2D eigenvalue weighted by Crippen LogP contribution is 1.90. The van der Waals surface area contributed by atoms with E-state index in [9.17, 15) is 4.79 Å². The highest BCUT2D eigenvalue weighted by molar-refractivity contribution is 5.95. The highest BCUT2D eigenvalue weighted by Gasteiger charge is 2.07. The molecule has 0 atom stereocenters. The van der Waals surface area contributed by atoms with Gasteiger partial charge in [0.1, 0.15) is 6.54 Å². The molecule has 1 radical (unpaired) electrons. The molecular weight excluding hydrogens is 124 g/mol. The van der Waals surface area contributed by atoms with E-state index in [1.807, 2.05) is 0 Å². The van der Waals surface area contributed by atoms with Gasteiger partial charge in [0, 0.05) is 0 Å². The molecule has 0 aromatic heterocycles. The average Bonchev–Trinajstić information content (AvgIpc) is 2.15. The van der Waals surface area contributed by atoms with Gasteiger partial charge < -0.3 is 9.84 Å².